The van der Waals surface area contributed by atoms with E-state index >= 15 is 0 Å². The van der Waals surface area contributed by atoms with Crippen molar-refractivity contribution in [1.82, 2.24) is 4.98 Å². The quantitative estimate of drug-likeness (QED) is 0.275. The van der Waals surface area contributed by atoms with E-state index in [9.17, 15) is 19.3 Å². The van der Waals surface area contributed by atoms with Gasteiger partial charge in [0.15, 0.2) is 10.3 Å². The van der Waals surface area contributed by atoms with Crippen LogP contribution in [0.3, 0.4) is 0 Å². The first-order chi connectivity index (χ1) is 15.3. The van der Waals surface area contributed by atoms with Crippen molar-refractivity contribution in [3.63, 3.8) is 0 Å². The summed E-state index contributed by atoms with van der Waals surface area (Å²) in [6, 6.07) is 11.1. The van der Waals surface area contributed by atoms with Crippen molar-refractivity contribution in [1.29, 1.82) is 0 Å². The van der Waals surface area contributed by atoms with Gasteiger partial charge in [-0.1, -0.05) is 35.6 Å². The third kappa shape index (κ3) is 6.43. The van der Waals surface area contributed by atoms with Crippen LogP contribution in [0, 0.1) is 15.2 Å². The molecule has 0 spiro atoms. The van der Waals surface area contributed by atoms with Crippen molar-refractivity contribution >= 4 is 40.2 Å². The largest absolute Gasteiger partial charge is 0.488 e. The van der Waals surface area contributed by atoms with Crippen molar-refractivity contribution in [3.05, 3.63) is 80.6 Å². The lowest BCUT2D eigenvalue weighted by Crippen LogP contribution is -2.18. The maximum Gasteiger partial charge on any atom is 0.270 e. The average Bonchev–Trinajstić information content (AvgIpc) is 3.17. The standard InChI is InChI=1S/C22H20FN3O5S/c1-14(13-30-2)31-19-10-16(7-6-15-4-3-5-18(9-15)26(28)29)8-17(11-19)21(27)25-22-24-12-20(23)32-22/h3-12,14H,13H2,1-2H3,(H,24,25,27)/t14-/m0/s1. The summed E-state index contributed by atoms with van der Waals surface area (Å²) in [5.41, 5.74) is 1.52. The lowest BCUT2D eigenvalue weighted by Gasteiger charge is -2.15. The number of aromatic nitrogens is 1. The second-order valence-corrected chi connectivity index (χ2v) is 7.76. The molecular formula is C22H20FN3O5S. The lowest BCUT2D eigenvalue weighted by atomic mass is 10.1. The van der Waals surface area contributed by atoms with Crippen LogP contribution in [0.5, 0.6) is 5.75 Å². The molecular weight excluding hydrogens is 437 g/mol. The number of non-ortho nitro benzene ring substituents is 1. The molecule has 0 saturated heterocycles. The van der Waals surface area contributed by atoms with E-state index in [0.29, 0.717) is 23.5 Å². The first kappa shape index (κ1) is 23.0. The second kappa shape index (κ2) is 10.6. The third-order valence-corrected chi connectivity index (χ3v) is 4.88. The monoisotopic (exact) mass is 457 g/mol. The van der Waals surface area contributed by atoms with E-state index in [2.05, 4.69) is 10.3 Å². The maximum absolute atomic E-state index is 13.2. The number of nitro benzene ring substituents is 1. The number of hydrogen-bond acceptors (Lipinski definition) is 7. The van der Waals surface area contributed by atoms with Crippen molar-refractivity contribution in [2.45, 2.75) is 13.0 Å². The Balaban J connectivity index is 1.89. The number of nitrogens with zero attached hydrogens (tertiary/aromatic N) is 2. The van der Waals surface area contributed by atoms with Crippen molar-refractivity contribution in [2.24, 2.45) is 0 Å². The minimum absolute atomic E-state index is 0.0200. The number of halogens is 1. The number of carbonyl (C=O) groups excluding carboxylic acids is 1. The van der Waals surface area contributed by atoms with E-state index in [-0.39, 0.29) is 22.5 Å². The van der Waals surface area contributed by atoms with E-state index in [1.807, 2.05) is 6.92 Å². The smallest absolute Gasteiger partial charge is 0.270 e. The predicted molar refractivity (Wildman–Crippen MR) is 120 cm³/mol. The fourth-order valence-corrected chi connectivity index (χ4v) is 3.37. The summed E-state index contributed by atoms with van der Waals surface area (Å²) in [5.74, 6) is -0.0413. The Kier molecular flexibility index (Phi) is 7.63. The van der Waals surface area contributed by atoms with E-state index in [1.54, 1.807) is 49.6 Å². The number of ether oxygens (including phenoxy) is 2. The highest BCUT2D eigenvalue weighted by atomic mass is 32.1. The number of nitro groups is 1. The Hall–Kier alpha value is -3.63. The van der Waals surface area contributed by atoms with Crippen LogP contribution in [0.1, 0.15) is 28.4 Å². The molecule has 0 unspecified atom stereocenters. The van der Waals surface area contributed by atoms with Crippen LogP contribution in [0.15, 0.2) is 48.7 Å². The van der Waals surface area contributed by atoms with Gasteiger partial charge in [-0.05, 0) is 36.2 Å². The molecule has 3 aromatic rings. The van der Waals surface area contributed by atoms with Gasteiger partial charge in [0.05, 0.1) is 17.7 Å². The van der Waals surface area contributed by atoms with Gasteiger partial charge >= 0.3 is 0 Å². The number of carbonyl (C=O) groups is 1. The van der Waals surface area contributed by atoms with Crippen LogP contribution in [0.4, 0.5) is 15.2 Å². The number of methoxy groups -OCH3 is 1. The van der Waals surface area contributed by atoms with E-state index in [1.165, 1.54) is 12.1 Å². The summed E-state index contributed by atoms with van der Waals surface area (Å²) >= 11 is 0.721. The molecule has 1 aromatic heterocycles. The summed E-state index contributed by atoms with van der Waals surface area (Å²) < 4.78 is 24.1. The molecule has 3 rings (SSSR count). The molecule has 0 radical (unpaired) electrons. The van der Waals surface area contributed by atoms with Crippen LogP contribution >= 0.6 is 11.3 Å². The van der Waals surface area contributed by atoms with E-state index in [4.69, 9.17) is 9.47 Å². The van der Waals surface area contributed by atoms with Crippen LogP contribution in [-0.2, 0) is 4.74 Å². The van der Waals surface area contributed by atoms with Crippen molar-refractivity contribution in [2.75, 3.05) is 19.0 Å². The Labute approximate surface area is 187 Å². The molecule has 2 aromatic carbocycles. The first-order valence-corrected chi connectivity index (χ1v) is 10.3. The van der Waals surface area contributed by atoms with Gasteiger partial charge in [0.1, 0.15) is 11.9 Å². The number of anilines is 1. The summed E-state index contributed by atoms with van der Waals surface area (Å²) in [5, 5.41) is 13.2. The zero-order valence-electron chi connectivity index (χ0n) is 17.3. The Morgan fingerprint density at radius 1 is 1.28 bits per heavy atom. The molecule has 0 aliphatic carbocycles. The molecule has 32 heavy (non-hydrogen) atoms. The predicted octanol–water partition coefficient (Wildman–Crippen LogP) is 5.03. The number of benzene rings is 2. The highest BCUT2D eigenvalue weighted by Crippen LogP contribution is 2.23. The summed E-state index contributed by atoms with van der Waals surface area (Å²) in [4.78, 5) is 27.0. The zero-order chi connectivity index (χ0) is 23.1. The Morgan fingerprint density at radius 3 is 2.75 bits per heavy atom. The molecule has 0 aliphatic heterocycles. The van der Waals surface area contributed by atoms with Gasteiger partial charge in [-0.3, -0.25) is 20.2 Å². The molecule has 0 saturated carbocycles. The average molecular weight is 457 g/mol. The summed E-state index contributed by atoms with van der Waals surface area (Å²) in [7, 11) is 1.56. The number of rotatable bonds is 9. The van der Waals surface area contributed by atoms with Gasteiger partial charge in [-0.25, -0.2) is 4.98 Å². The molecule has 10 heteroatoms. The van der Waals surface area contributed by atoms with Gasteiger partial charge < -0.3 is 9.47 Å². The molecule has 1 N–H and O–H groups in total. The van der Waals surface area contributed by atoms with Gasteiger partial charge in [0.25, 0.3) is 11.6 Å². The minimum Gasteiger partial charge on any atom is -0.488 e. The number of amides is 1. The molecule has 8 nitrogen and oxygen atoms in total. The topological polar surface area (TPSA) is 104 Å². The summed E-state index contributed by atoms with van der Waals surface area (Å²) in [6.07, 6.45) is 4.18. The molecule has 0 bridgehead atoms. The Morgan fingerprint density at radius 2 is 2.06 bits per heavy atom. The van der Waals surface area contributed by atoms with Gasteiger partial charge in [0.2, 0.25) is 0 Å². The highest BCUT2D eigenvalue weighted by Gasteiger charge is 2.13. The third-order valence-electron chi connectivity index (χ3n) is 4.18. The molecule has 0 fully saturated rings. The first-order valence-electron chi connectivity index (χ1n) is 9.50. The second-order valence-electron chi connectivity index (χ2n) is 6.78. The van der Waals surface area contributed by atoms with Crippen LogP contribution < -0.4 is 10.1 Å². The maximum atomic E-state index is 13.2. The normalized spacial score (nSPS) is 12.0. The highest BCUT2D eigenvalue weighted by molar-refractivity contribution is 7.14. The van der Waals surface area contributed by atoms with Gasteiger partial charge in [-0.15, -0.1) is 0 Å². The number of hydrogen-bond donors (Lipinski definition) is 1. The van der Waals surface area contributed by atoms with E-state index < -0.39 is 16.0 Å². The van der Waals surface area contributed by atoms with Crippen LogP contribution in [-0.4, -0.2) is 35.6 Å². The minimum atomic E-state index is -0.508. The van der Waals surface area contributed by atoms with Gasteiger partial charge in [-0.2, -0.15) is 4.39 Å². The molecule has 166 valence electrons. The number of nitrogens with one attached hydrogen (secondary N) is 1. The van der Waals surface area contributed by atoms with Gasteiger partial charge in [0, 0.05) is 24.8 Å². The SMILES string of the molecule is COC[C@H](C)Oc1cc(C=Cc2cccc([N+](=O)[O-])c2)cc(C(=O)Nc2ncc(F)s2)c1. The van der Waals surface area contributed by atoms with Crippen molar-refractivity contribution in [3.8, 4) is 5.75 Å². The molecule has 1 heterocycles. The molecule has 1 amide bonds. The Bertz CT molecular complexity index is 1150. The number of thiazole rings is 1. The fraction of sp³-hybridized carbons (Fsp3) is 0.182. The van der Waals surface area contributed by atoms with Crippen molar-refractivity contribution < 1.29 is 23.6 Å². The van der Waals surface area contributed by atoms with Crippen LogP contribution in [0.25, 0.3) is 12.2 Å². The van der Waals surface area contributed by atoms with E-state index in [0.717, 1.165) is 17.5 Å². The van der Waals surface area contributed by atoms with Crippen LogP contribution in [0.2, 0.25) is 0 Å². The fourth-order valence-electron chi connectivity index (χ4n) is 2.83. The lowest BCUT2D eigenvalue weighted by molar-refractivity contribution is -0.384. The zero-order valence-corrected chi connectivity index (χ0v) is 18.1. The summed E-state index contributed by atoms with van der Waals surface area (Å²) in [6.45, 7) is 2.18. The molecule has 1 atom stereocenters. The molecule has 0 aliphatic rings.